The second-order valence-electron chi connectivity index (χ2n) is 2.71. The molecule has 0 aromatic heterocycles. The second-order valence-corrected chi connectivity index (χ2v) is 2.71. The molecule has 0 aliphatic heterocycles. The van der Waals surface area contributed by atoms with Crippen LogP contribution in [0.3, 0.4) is 0 Å². The first-order chi connectivity index (χ1) is 4.83. The molecular weight excluding hydrogens is 128 g/mol. The normalized spacial score (nSPS) is 32.5. The van der Waals surface area contributed by atoms with Crippen LogP contribution in [0, 0.1) is 0 Å². The smallest absolute Gasteiger partial charge is 0.0648 e. The first kappa shape index (κ1) is 7.76. The highest BCUT2D eigenvalue weighted by atomic mass is 16.5. The predicted octanol–water partition coefficient (Wildman–Crippen LogP) is 1.10. The third-order valence-electron chi connectivity index (χ3n) is 1.81. The Balaban J connectivity index is 2.12. The molecule has 0 heterocycles. The Kier molecular flexibility index (Phi) is 2.90. The van der Waals surface area contributed by atoms with E-state index < -0.39 is 0 Å². The molecule has 1 aliphatic carbocycles. The largest absolute Gasteiger partial charge is 0.393 e. The monoisotopic (exact) mass is 142 g/mol. The Morgan fingerprint density at radius 1 is 1.60 bits per heavy atom. The first-order valence-corrected chi connectivity index (χ1v) is 3.73. The average Bonchev–Trinajstić information content (AvgIpc) is 2.31. The minimum Gasteiger partial charge on any atom is -0.393 e. The summed E-state index contributed by atoms with van der Waals surface area (Å²) in [5, 5.41) is 9.09. The van der Waals surface area contributed by atoms with Crippen LogP contribution in [0.5, 0.6) is 0 Å². The summed E-state index contributed by atoms with van der Waals surface area (Å²) in [6, 6.07) is 0. The maximum Gasteiger partial charge on any atom is 0.0648 e. The van der Waals surface area contributed by atoms with Crippen LogP contribution in [0.1, 0.15) is 19.3 Å². The van der Waals surface area contributed by atoms with Gasteiger partial charge in [-0.05, 0) is 19.3 Å². The zero-order chi connectivity index (χ0) is 7.40. The number of ether oxygens (including phenoxy) is 1. The summed E-state index contributed by atoms with van der Waals surface area (Å²) in [6.45, 7) is 4.16. The molecular formula is C8H14O2. The number of hydrogen-bond donors (Lipinski definition) is 1. The summed E-state index contributed by atoms with van der Waals surface area (Å²) in [4.78, 5) is 0. The standard InChI is InChI=1S/C8H14O2/c1-2-5-10-8-4-3-7(9)6-8/h2,7-9H,1,3-6H2. The van der Waals surface area contributed by atoms with E-state index in [1.54, 1.807) is 6.08 Å². The Labute approximate surface area is 61.5 Å². The summed E-state index contributed by atoms with van der Waals surface area (Å²) in [5.41, 5.74) is 0. The quantitative estimate of drug-likeness (QED) is 0.598. The van der Waals surface area contributed by atoms with Gasteiger partial charge >= 0.3 is 0 Å². The van der Waals surface area contributed by atoms with E-state index in [4.69, 9.17) is 9.84 Å². The van der Waals surface area contributed by atoms with Gasteiger partial charge in [0.25, 0.3) is 0 Å². The van der Waals surface area contributed by atoms with Crippen molar-refractivity contribution >= 4 is 0 Å². The van der Waals surface area contributed by atoms with Gasteiger partial charge in [-0.1, -0.05) is 6.08 Å². The van der Waals surface area contributed by atoms with Gasteiger partial charge in [0, 0.05) is 0 Å². The van der Waals surface area contributed by atoms with Gasteiger partial charge in [0.1, 0.15) is 0 Å². The molecule has 0 aromatic carbocycles. The molecule has 0 aromatic rings. The lowest BCUT2D eigenvalue weighted by molar-refractivity contribution is 0.0662. The summed E-state index contributed by atoms with van der Waals surface area (Å²) in [7, 11) is 0. The van der Waals surface area contributed by atoms with Crippen LogP contribution < -0.4 is 0 Å². The summed E-state index contributed by atoms with van der Waals surface area (Å²) in [6.07, 6.45) is 4.57. The summed E-state index contributed by atoms with van der Waals surface area (Å²) < 4.78 is 5.34. The molecule has 0 bridgehead atoms. The van der Waals surface area contributed by atoms with Crippen LogP contribution in [-0.4, -0.2) is 23.9 Å². The van der Waals surface area contributed by atoms with Crippen molar-refractivity contribution in [2.24, 2.45) is 0 Å². The maximum atomic E-state index is 9.09. The summed E-state index contributed by atoms with van der Waals surface area (Å²) in [5.74, 6) is 0. The van der Waals surface area contributed by atoms with Crippen molar-refractivity contribution in [3.8, 4) is 0 Å². The van der Waals surface area contributed by atoms with Gasteiger partial charge in [0.2, 0.25) is 0 Å². The molecule has 10 heavy (non-hydrogen) atoms. The molecule has 58 valence electrons. The molecule has 2 heteroatoms. The fourth-order valence-corrected chi connectivity index (χ4v) is 1.27. The Bertz CT molecular complexity index is 112. The Hall–Kier alpha value is -0.340. The predicted molar refractivity (Wildman–Crippen MR) is 39.8 cm³/mol. The van der Waals surface area contributed by atoms with E-state index in [2.05, 4.69) is 6.58 Å². The van der Waals surface area contributed by atoms with E-state index in [9.17, 15) is 0 Å². The van der Waals surface area contributed by atoms with Gasteiger partial charge < -0.3 is 9.84 Å². The van der Waals surface area contributed by atoms with E-state index in [-0.39, 0.29) is 12.2 Å². The zero-order valence-corrected chi connectivity index (χ0v) is 6.12. The fourth-order valence-electron chi connectivity index (χ4n) is 1.27. The molecule has 0 amide bonds. The van der Waals surface area contributed by atoms with Crippen molar-refractivity contribution in [1.82, 2.24) is 0 Å². The molecule has 0 saturated heterocycles. The minimum atomic E-state index is -0.130. The van der Waals surface area contributed by atoms with E-state index >= 15 is 0 Å². The molecule has 2 atom stereocenters. The fraction of sp³-hybridized carbons (Fsp3) is 0.750. The average molecular weight is 142 g/mol. The first-order valence-electron chi connectivity index (χ1n) is 3.73. The van der Waals surface area contributed by atoms with Crippen molar-refractivity contribution in [2.75, 3.05) is 6.61 Å². The van der Waals surface area contributed by atoms with Crippen molar-refractivity contribution in [3.63, 3.8) is 0 Å². The van der Waals surface area contributed by atoms with E-state index in [0.717, 1.165) is 19.3 Å². The van der Waals surface area contributed by atoms with Crippen LogP contribution in [0.4, 0.5) is 0 Å². The molecule has 2 unspecified atom stereocenters. The third-order valence-corrected chi connectivity index (χ3v) is 1.81. The Morgan fingerprint density at radius 3 is 2.90 bits per heavy atom. The van der Waals surface area contributed by atoms with Crippen LogP contribution in [0.2, 0.25) is 0 Å². The Morgan fingerprint density at radius 2 is 2.40 bits per heavy atom. The zero-order valence-electron chi connectivity index (χ0n) is 6.12. The number of rotatable bonds is 3. The lowest BCUT2D eigenvalue weighted by Gasteiger charge is -2.07. The molecule has 1 aliphatic rings. The van der Waals surface area contributed by atoms with Crippen molar-refractivity contribution in [2.45, 2.75) is 31.5 Å². The van der Waals surface area contributed by atoms with Gasteiger partial charge in [0.15, 0.2) is 0 Å². The number of hydrogen-bond acceptors (Lipinski definition) is 2. The maximum absolute atomic E-state index is 9.09. The van der Waals surface area contributed by atoms with Crippen LogP contribution >= 0.6 is 0 Å². The highest BCUT2D eigenvalue weighted by molar-refractivity contribution is 4.76. The lowest BCUT2D eigenvalue weighted by Crippen LogP contribution is -2.09. The second kappa shape index (κ2) is 3.74. The van der Waals surface area contributed by atoms with Crippen molar-refractivity contribution in [3.05, 3.63) is 12.7 Å². The molecule has 1 saturated carbocycles. The SMILES string of the molecule is C=CCOC1CCC(O)C1. The number of aliphatic hydroxyl groups excluding tert-OH is 1. The van der Waals surface area contributed by atoms with Gasteiger partial charge in [-0.15, -0.1) is 6.58 Å². The van der Waals surface area contributed by atoms with Gasteiger partial charge in [-0.3, -0.25) is 0 Å². The highest BCUT2D eigenvalue weighted by Gasteiger charge is 2.22. The van der Waals surface area contributed by atoms with E-state index in [1.165, 1.54) is 0 Å². The molecule has 0 radical (unpaired) electrons. The molecule has 1 fully saturated rings. The minimum absolute atomic E-state index is 0.130. The van der Waals surface area contributed by atoms with Gasteiger partial charge in [0.05, 0.1) is 18.8 Å². The van der Waals surface area contributed by atoms with Gasteiger partial charge in [-0.25, -0.2) is 0 Å². The third kappa shape index (κ3) is 2.12. The molecule has 2 nitrogen and oxygen atoms in total. The van der Waals surface area contributed by atoms with Crippen molar-refractivity contribution < 1.29 is 9.84 Å². The summed E-state index contributed by atoms with van der Waals surface area (Å²) >= 11 is 0. The lowest BCUT2D eigenvalue weighted by atomic mass is 10.3. The van der Waals surface area contributed by atoms with Crippen molar-refractivity contribution in [1.29, 1.82) is 0 Å². The van der Waals surface area contributed by atoms with Crippen LogP contribution in [0.15, 0.2) is 12.7 Å². The topological polar surface area (TPSA) is 29.5 Å². The highest BCUT2D eigenvalue weighted by Crippen LogP contribution is 2.21. The van der Waals surface area contributed by atoms with Crippen LogP contribution in [-0.2, 0) is 4.74 Å². The molecule has 1 N–H and O–H groups in total. The number of aliphatic hydroxyl groups is 1. The van der Waals surface area contributed by atoms with E-state index in [0.29, 0.717) is 6.61 Å². The van der Waals surface area contributed by atoms with Crippen LogP contribution in [0.25, 0.3) is 0 Å². The molecule has 0 spiro atoms. The van der Waals surface area contributed by atoms with Gasteiger partial charge in [-0.2, -0.15) is 0 Å². The molecule has 1 rings (SSSR count). The van der Waals surface area contributed by atoms with E-state index in [1.807, 2.05) is 0 Å².